The largest absolute Gasteiger partial charge is 0.486 e. The fourth-order valence-corrected chi connectivity index (χ4v) is 2.62. The zero-order chi connectivity index (χ0) is 15.2. The zero-order valence-corrected chi connectivity index (χ0v) is 14.0. The highest BCUT2D eigenvalue weighted by molar-refractivity contribution is 7.98. The van der Waals surface area contributed by atoms with E-state index in [1.807, 2.05) is 18.4 Å². The minimum absolute atomic E-state index is 0.450. The Morgan fingerprint density at radius 2 is 1.90 bits per heavy atom. The molecule has 1 aromatic heterocycles. The molecule has 2 rings (SSSR count). The van der Waals surface area contributed by atoms with E-state index < -0.39 is 0 Å². The van der Waals surface area contributed by atoms with Crippen LogP contribution < -0.4 is 4.74 Å². The summed E-state index contributed by atoms with van der Waals surface area (Å²) in [4.78, 5) is 0. The van der Waals surface area contributed by atoms with Crippen LogP contribution in [-0.4, -0.2) is 21.0 Å². The third-order valence-electron chi connectivity index (χ3n) is 3.22. The van der Waals surface area contributed by atoms with Gasteiger partial charge < -0.3 is 9.30 Å². The number of aryl methyl sites for hydroxylation is 1. The van der Waals surface area contributed by atoms with Crippen LogP contribution in [-0.2, 0) is 19.6 Å². The van der Waals surface area contributed by atoms with E-state index in [2.05, 4.69) is 47.7 Å². The second-order valence-corrected chi connectivity index (χ2v) is 6.17. The van der Waals surface area contributed by atoms with E-state index in [4.69, 9.17) is 4.74 Å². The number of thioether (sulfide) groups is 1. The molecular weight excluding hydrogens is 282 g/mol. The lowest BCUT2D eigenvalue weighted by molar-refractivity contribution is 0.284. The summed E-state index contributed by atoms with van der Waals surface area (Å²) in [6, 6.07) is 8.22. The number of ether oxygens (including phenoxy) is 1. The molecule has 0 saturated carbocycles. The van der Waals surface area contributed by atoms with E-state index >= 15 is 0 Å². The van der Waals surface area contributed by atoms with Gasteiger partial charge in [0.25, 0.3) is 0 Å². The Hall–Kier alpha value is -1.49. The van der Waals surface area contributed by atoms with Crippen molar-refractivity contribution in [2.75, 3.05) is 6.26 Å². The average Bonchev–Trinajstić information content (AvgIpc) is 2.87. The molecule has 2 aromatic rings. The predicted molar refractivity (Wildman–Crippen MR) is 86.8 cm³/mol. The molecular formula is C16H23N3OS. The number of aromatic nitrogens is 3. The molecule has 1 aromatic carbocycles. The quantitative estimate of drug-likeness (QED) is 0.730. The van der Waals surface area contributed by atoms with Gasteiger partial charge in [0, 0.05) is 6.54 Å². The van der Waals surface area contributed by atoms with Gasteiger partial charge >= 0.3 is 0 Å². The second kappa shape index (κ2) is 7.50. The van der Waals surface area contributed by atoms with Gasteiger partial charge in [-0.25, -0.2) is 0 Å². The van der Waals surface area contributed by atoms with Gasteiger partial charge in [-0.15, -0.1) is 10.2 Å². The van der Waals surface area contributed by atoms with Crippen molar-refractivity contribution < 1.29 is 4.74 Å². The highest BCUT2D eigenvalue weighted by atomic mass is 32.2. The normalized spacial score (nSPS) is 11.1. The first kappa shape index (κ1) is 15.9. The number of hydrogen-bond acceptors (Lipinski definition) is 4. The summed E-state index contributed by atoms with van der Waals surface area (Å²) in [5.74, 6) is 2.30. The van der Waals surface area contributed by atoms with Crippen molar-refractivity contribution in [2.24, 2.45) is 5.92 Å². The lowest BCUT2D eigenvalue weighted by Gasteiger charge is -2.12. The number of benzene rings is 1. The summed E-state index contributed by atoms with van der Waals surface area (Å²) >= 11 is 1.62. The molecule has 0 bridgehead atoms. The minimum atomic E-state index is 0.450. The maximum Gasteiger partial charge on any atom is 0.191 e. The molecule has 4 nitrogen and oxygen atoms in total. The molecule has 0 fully saturated rings. The van der Waals surface area contributed by atoms with Crippen LogP contribution in [0.25, 0.3) is 0 Å². The molecule has 21 heavy (non-hydrogen) atoms. The molecule has 0 amide bonds. The molecule has 0 aliphatic carbocycles. The summed E-state index contributed by atoms with van der Waals surface area (Å²) in [5.41, 5.74) is 1.31. The molecule has 5 heteroatoms. The van der Waals surface area contributed by atoms with Crippen molar-refractivity contribution in [3.8, 4) is 5.75 Å². The lowest BCUT2D eigenvalue weighted by atomic mass is 10.2. The number of rotatable bonds is 7. The highest BCUT2D eigenvalue weighted by Gasteiger charge is 2.13. The van der Waals surface area contributed by atoms with Crippen LogP contribution in [0, 0.1) is 5.92 Å². The molecule has 114 valence electrons. The van der Waals surface area contributed by atoms with Gasteiger partial charge in [0.05, 0.1) is 0 Å². The Morgan fingerprint density at radius 3 is 2.48 bits per heavy atom. The first-order valence-corrected chi connectivity index (χ1v) is 8.54. The molecule has 0 radical (unpaired) electrons. The molecule has 0 atom stereocenters. The van der Waals surface area contributed by atoms with Crippen molar-refractivity contribution in [3.05, 3.63) is 35.7 Å². The van der Waals surface area contributed by atoms with Crippen LogP contribution in [0.15, 0.2) is 29.4 Å². The smallest absolute Gasteiger partial charge is 0.191 e. The third kappa shape index (κ3) is 4.24. The fraction of sp³-hybridized carbons (Fsp3) is 0.500. The number of hydrogen-bond donors (Lipinski definition) is 0. The Labute approximate surface area is 130 Å². The van der Waals surface area contributed by atoms with Crippen LogP contribution in [0.3, 0.4) is 0 Å². The van der Waals surface area contributed by atoms with Crippen molar-refractivity contribution in [1.29, 1.82) is 0 Å². The van der Waals surface area contributed by atoms with E-state index in [9.17, 15) is 0 Å². The molecule has 1 heterocycles. The van der Waals surface area contributed by atoms with Crippen LogP contribution in [0.5, 0.6) is 5.75 Å². The molecule has 0 spiro atoms. The van der Waals surface area contributed by atoms with Crippen molar-refractivity contribution >= 4 is 11.8 Å². The SMILES string of the molecule is CCc1ccc(OCc2nnc(SC)n2CC(C)C)cc1. The summed E-state index contributed by atoms with van der Waals surface area (Å²) in [6.45, 7) is 7.90. The van der Waals surface area contributed by atoms with Gasteiger partial charge in [-0.3, -0.25) is 0 Å². The summed E-state index contributed by atoms with van der Waals surface area (Å²) in [6.07, 6.45) is 3.06. The van der Waals surface area contributed by atoms with Gasteiger partial charge in [-0.2, -0.15) is 0 Å². The standard InChI is InChI=1S/C16H23N3OS/c1-5-13-6-8-14(9-7-13)20-11-15-17-18-16(21-4)19(15)10-12(2)3/h6-9,12H,5,10-11H2,1-4H3. The first-order chi connectivity index (χ1) is 10.1. The fourth-order valence-electron chi connectivity index (χ4n) is 2.09. The Balaban J connectivity index is 2.06. The highest BCUT2D eigenvalue weighted by Crippen LogP contribution is 2.18. The second-order valence-electron chi connectivity index (χ2n) is 5.39. The van der Waals surface area contributed by atoms with Crippen molar-refractivity contribution in [3.63, 3.8) is 0 Å². The summed E-state index contributed by atoms with van der Waals surface area (Å²) in [5, 5.41) is 9.43. The average molecular weight is 305 g/mol. The van der Waals surface area contributed by atoms with Gasteiger partial charge in [-0.1, -0.05) is 44.7 Å². The molecule has 0 aliphatic heterocycles. The van der Waals surface area contributed by atoms with Gasteiger partial charge in [0.15, 0.2) is 11.0 Å². The van der Waals surface area contributed by atoms with Crippen LogP contribution >= 0.6 is 11.8 Å². The lowest BCUT2D eigenvalue weighted by Crippen LogP contribution is -2.12. The van der Waals surface area contributed by atoms with Crippen LogP contribution in [0.1, 0.15) is 32.2 Å². The topological polar surface area (TPSA) is 39.9 Å². The first-order valence-electron chi connectivity index (χ1n) is 7.31. The van der Waals surface area contributed by atoms with E-state index in [0.717, 1.165) is 29.7 Å². The molecule has 0 unspecified atom stereocenters. The van der Waals surface area contributed by atoms with E-state index in [-0.39, 0.29) is 0 Å². The molecule has 0 N–H and O–H groups in total. The molecule has 0 saturated heterocycles. The number of nitrogens with zero attached hydrogens (tertiary/aromatic N) is 3. The van der Waals surface area contributed by atoms with Gasteiger partial charge in [0.1, 0.15) is 12.4 Å². The Morgan fingerprint density at radius 1 is 1.19 bits per heavy atom. The monoisotopic (exact) mass is 305 g/mol. The minimum Gasteiger partial charge on any atom is -0.486 e. The van der Waals surface area contributed by atoms with Crippen molar-refractivity contribution in [1.82, 2.24) is 14.8 Å². The van der Waals surface area contributed by atoms with Crippen LogP contribution in [0.4, 0.5) is 0 Å². The van der Waals surface area contributed by atoms with E-state index in [1.54, 1.807) is 11.8 Å². The maximum absolute atomic E-state index is 5.84. The van der Waals surface area contributed by atoms with Crippen molar-refractivity contribution in [2.45, 2.75) is 45.5 Å². The predicted octanol–water partition coefficient (Wildman–Crippen LogP) is 3.80. The Kier molecular flexibility index (Phi) is 5.67. The van der Waals surface area contributed by atoms with Gasteiger partial charge in [-0.05, 0) is 36.3 Å². The zero-order valence-electron chi connectivity index (χ0n) is 13.2. The summed E-state index contributed by atoms with van der Waals surface area (Å²) in [7, 11) is 0. The van der Waals surface area contributed by atoms with E-state index in [1.165, 1.54) is 5.56 Å². The summed E-state index contributed by atoms with van der Waals surface area (Å²) < 4.78 is 7.99. The third-order valence-corrected chi connectivity index (χ3v) is 3.89. The van der Waals surface area contributed by atoms with Gasteiger partial charge in [0.2, 0.25) is 0 Å². The maximum atomic E-state index is 5.84. The molecule has 0 aliphatic rings. The van der Waals surface area contributed by atoms with E-state index in [0.29, 0.717) is 12.5 Å². The van der Waals surface area contributed by atoms with Crippen LogP contribution in [0.2, 0.25) is 0 Å². The Bertz CT molecular complexity index is 563.